The highest BCUT2D eigenvalue weighted by Gasteiger charge is 2.12. The second-order valence-electron chi connectivity index (χ2n) is 5.16. The highest BCUT2D eigenvalue weighted by Crippen LogP contribution is 2.26. The maximum absolute atomic E-state index is 4.77. The fourth-order valence-electron chi connectivity index (χ4n) is 1.71. The molecule has 0 bridgehead atoms. The lowest BCUT2D eigenvalue weighted by molar-refractivity contribution is 0.553. The van der Waals surface area contributed by atoms with E-state index in [2.05, 4.69) is 45.0 Å². The third kappa shape index (κ3) is 4.58. The molecule has 1 N–H and O–H groups in total. The molecule has 1 heterocycles. The molecule has 0 spiro atoms. The van der Waals surface area contributed by atoms with Crippen molar-refractivity contribution in [2.24, 2.45) is 5.92 Å². The number of aromatic nitrogens is 1. The van der Waals surface area contributed by atoms with Crippen LogP contribution in [0.4, 0.5) is 5.13 Å². The summed E-state index contributed by atoms with van der Waals surface area (Å²) in [6.45, 7) is 11.9. The summed E-state index contributed by atoms with van der Waals surface area (Å²) in [5.41, 5.74) is 1.29. The van der Waals surface area contributed by atoms with Crippen LogP contribution in [0.25, 0.3) is 0 Å². The maximum Gasteiger partial charge on any atom is 0.185 e. The predicted octanol–water partition coefficient (Wildman–Crippen LogP) is 3.30. The molecule has 1 aromatic rings. The monoisotopic (exact) mass is 269 g/mol. The van der Waals surface area contributed by atoms with Gasteiger partial charge < -0.3 is 10.2 Å². The van der Waals surface area contributed by atoms with Crippen molar-refractivity contribution in [2.75, 3.05) is 25.0 Å². The largest absolute Gasteiger partial charge is 0.351 e. The summed E-state index contributed by atoms with van der Waals surface area (Å²) in [5.74, 6) is 0.699. The van der Waals surface area contributed by atoms with Crippen LogP contribution in [0.2, 0.25) is 0 Å². The fourth-order valence-corrected chi connectivity index (χ4v) is 2.81. The van der Waals surface area contributed by atoms with Gasteiger partial charge in [0.2, 0.25) is 0 Å². The van der Waals surface area contributed by atoms with E-state index in [-0.39, 0.29) is 0 Å². The van der Waals surface area contributed by atoms with Gasteiger partial charge in [0.25, 0.3) is 0 Å². The van der Waals surface area contributed by atoms with Gasteiger partial charge in [-0.15, -0.1) is 11.3 Å². The van der Waals surface area contributed by atoms with Crippen molar-refractivity contribution in [3.05, 3.63) is 10.6 Å². The first-order valence-corrected chi connectivity index (χ1v) is 7.80. The van der Waals surface area contributed by atoms with Crippen LogP contribution in [0.1, 0.15) is 44.7 Å². The molecule has 0 aliphatic carbocycles. The van der Waals surface area contributed by atoms with E-state index < -0.39 is 0 Å². The molecule has 0 aliphatic rings. The topological polar surface area (TPSA) is 28.2 Å². The first kappa shape index (κ1) is 15.4. The third-order valence-electron chi connectivity index (χ3n) is 2.89. The number of aryl methyl sites for hydroxylation is 1. The molecule has 0 saturated carbocycles. The Morgan fingerprint density at radius 1 is 1.33 bits per heavy atom. The molecule has 1 aromatic heterocycles. The van der Waals surface area contributed by atoms with Gasteiger partial charge in [-0.05, 0) is 25.8 Å². The number of nitrogens with zero attached hydrogens (tertiary/aromatic N) is 2. The molecule has 0 amide bonds. The number of hydrogen-bond donors (Lipinski definition) is 1. The fraction of sp³-hybridized carbons (Fsp3) is 0.786. The van der Waals surface area contributed by atoms with Crippen LogP contribution in [0.5, 0.6) is 0 Å². The summed E-state index contributed by atoms with van der Waals surface area (Å²) in [5, 5.41) is 4.68. The van der Waals surface area contributed by atoms with Crippen molar-refractivity contribution in [2.45, 2.75) is 47.1 Å². The number of rotatable bonds is 8. The minimum Gasteiger partial charge on any atom is -0.351 e. The van der Waals surface area contributed by atoms with Gasteiger partial charge in [0.15, 0.2) is 5.13 Å². The highest BCUT2D eigenvalue weighted by atomic mass is 32.1. The van der Waals surface area contributed by atoms with Gasteiger partial charge in [-0.3, -0.25) is 0 Å². The van der Waals surface area contributed by atoms with E-state index in [9.17, 15) is 0 Å². The van der Waals surface area contributed by atoms with Crippen LogP contribution in [0.15, 0.2) is 0 Å². The molecular formula is C14H27N3S. The normalized spacial score (nSPS) is 11.2. The van der Waals surface area contributed by atoms with Crippen LogP contribution in [0.3, 0.4) is 0 Å². The Labute approximate surface area is 116 Å². The Bertz CT molecular complexity index is 347. The minimum absolute atomic E-state index is 0.699. The van der Waals surface area contributed by atoms with E-state index in [1.807, 2.05) is 11.3 Å². The smallest absolute Gasteiger partial charge is 0.185 e. The summed E-state index contributed by atoms with van der Waals surface area (Å²) in [4.78, 5) is 8.40. The average molecular weight is 269 g/mol. The summed E-state index contributed by atoms with van der Waals surface area (Å²) < 4.78 is 0. The Balaban J connectivity index is 2.70. The second kappa shape index (κ2) is 7.74. The van der Waals surface area contributed by atoms with Gasteiger partial charge >= 0.3 is 0 Å². The van der Waals surface area contributed by atoms with E-state index in [1.165, 1.54) is 10.6 Å². The van der Waals surface area contributed by atoms with Crippen molar-refractivity contribution >= 4 is 16.5 Å². The Morgan fingerprint density at radius 2 is 2.06 bits per heavy atom. The lowest BCUT2D eigenvalue weighted by Crippen LogP contribution is -2.19. The Kier molecular flexibility index (Phi) is 6.65. The van der Waals surface area contributed by atoms with Crippen LogP contribution in [0, 0.1) is 5.92 Å². The van der Waals surface area contributed by atoms with Gasteiger partial charge in [-0.1, -0.05) is 27.2 Å². The number of anilines is 1. The van der Waals surface area contributed by atoms with Gasteiger partial charge in [0, 0.05) is 25.0 Å². The molecule has 0 saturated heterocycles. The summed E-state index contributed by atoms with van der Waals surface area (Å²) in [6.07, 6.45) is 2.25. The minimum atomic E-state index is 0.699. The van der Waals surface area contributed by atoms with E-state index in [0.29, 0.717) is 5.92 Å². The van der Waals surface area contributed by atoms with E-state index >= 15 is 0 Å². The molecular weight excluding hydrogens is 242 g/mol. The Morgan fingerprint density at radius 3 is 2.61 bits per heavy atom. The predicted molar refractivity (Wildman–Crippen MR) is 81.6 cm³/mol. The molecule has 1 rings (SSSR count). The zero-order chi connectivity index (χ0) is 13.5. The van der Waals surface area contributed by atoms with Crippen LogP contribution >= 0.6 is 11.3 Å². The third-order valence-corrected chi connectivity index (χ3v) is 4.10. The lowest BCUT2D eigenvalue weighted by Gasteiger charge is -2.11. The molecule has 104 valence electrons. The summed E-state index contributed by atoms with van der Waals surface area (Å²) in [6, 6.07) is 0. The SMILES string of the molecule is CCCc1nc(N(C)CC)sc1CNCC(C)C. The van der Waals surface area contributed by atoms with Crippen molar-refractivity contribution in [3.63, 3.8) is 0 Å². The zero-order valence-electron chi connectivity index (χ0n) is 12.4. The first-order chi connectivity index (χ1) is 8.58. The first-order valence-electron chi connectivity index (χ1n) is 6.98. The molecule has 18 heavy (non-hydrogen) atoms. The van der Waals surface area contributed by atoms with Crippen molar-refractivity contribution in [1.29, 1.82) is 0 Å². The van der Waals surface area contributed by atoms with Crippen LogP contribution in [-0.2, 0) is 13.0 Å². The molecule has 0 unspecified atom stereocenters. The molecule has 0 fully saturated rings. The molecule has 4 heteroatoms. The number of hydrogen-bond acceptors (Lipinski definition) is 4. The van der Waals surface area contributed by atoms with Gasteiger partial charge in [-0.25, -0.2) is 4.98 Å². The zero-order valence-corrected chi connectivity index (χ0v) is 13.2. The van der Waals surface area contributed by atoms with Gasteiger partial charge in [-0.2, -0.15) is 0 Å². The summed E-state index contributed by atoms with van der Waals surface area (Å²) in [7, 11) is 2.11. The highest BCUT2D eigenvalue weighted by molar-refractivity contribution is 7.15. The lowest BCUT2D eigenvalue weighted by atomic mass is 10.2. The second-order valence-corrected chi connectivity index (χ2v) is 6.22. The van der Waals surface area contributed by atoms with Crippen LogP contribution < -0.4 is 10.2 Å². The number of nitrogens with one attached hydrogen (secondary N) is 1. The van der Waals surface area contributed by atoms with Crippen molar-refractivity contribution < 1.29 is 0 Å². The van der Waals surface area contributed by atoms with Gasteiger partial charge in [0.1, 0.15) is 0 Å². The quantitative estimate of drug-likeness (QED) is 0.785. The van der Waals surface area contributed by atoms with Crippen molar-refractivity contribution in [1.82, 2.24) is 10.3 Å². The van der Waals surface area contributed by atoms with E-state index in [0.717, 1.165) is 37.6 Å². The van der Waals surface area contributed by atoms with E-state index in [4.69, 9.17) is 4.98 Å². The molecule has 0 atom stereocenters. The standard InChI is InChI=1S/C14H27N3S/c1-6-8-12-13(10-15-9-11(3)4)18-14(16-12)17(5)7-2/h11,15H,6-10H2,1-5H3. The number of thiazole rings is 1. The molecule has 0 aliphatic heterocycles. The maximum atomic E-state index is 4.77. The molecule has 0 aromatic carbocycles. The summed E-state index contributed by atoms with van der Waals surface area (Å²) >= 11 is 1.84. The molecule has 3 nitrogen and oxygen atoms in total. The van der Waals surface area contributed by atoms with Crippen molar-refractivity contribution in [3.8, 4) is 0 Å². The average Bonchev–Trinajstić information content (AvgIpc) is 2.72. The van der Waals surface area contributed by atoms with Crippen LogP contribution in [-0.4, -0.2) is 25.1 Å². The Hall–Kier alpha value is -0.610. The van der Waals surface area contributed by atoms with Gasteiger partial charge in [0.05, 0.1) is 5.69 Å². The molecule has 0 radical (unpaired) electrons. The van der Waals surface area contributed by atoms with E-state index in [1.54, 1.807) is 0 Å².